The van der Waals surface area contributed by atoms with Crippen LogP contribution in [0.25, 0.3) is 0 Å². The molecule has 0 bridgehead atoms. The summed E-state index contributed by atoms with van der Waals surface area (Å²) in [7, 11) is 0. The van der Waals surface area contributed by atoms with Crippen molar-refractivity contribution in [1.82, 2.24) is 0 Å². The molecule has 0 atom stereocenters. The number of hydrogen-bond acceptors (Lipinski definition) is 4. The first-order chi connectivity index (χ1) is 12.6. The number of anilines is 1. The van der Waals surface area contributed by atoms with Gasteiger partial charge in [-0.25, -0.2) is 13.6 Å². The average Bonchev–Trinajstić information content (AvgIpc) is 2.60. The molecule has 2 aromatic carbocycles. The Morgan fingerprint density at radius 2 is 1.67 bits per heavy atom. The van der Waals surface area contributed by atoms with E-state index in [-0.39, 0.29) is 17.7 Å². The van der Waals surface area contributed by atoms with Crippen LogP contribution in [0.15, 0.2) is 42.5 Å². The fourth-order valence-corrected chi connectivity index (χ4v) is 2.16. The summed E-state index contributed by atoms with van der Waals surface area (Å²) >= 11 is 0. The summed E-state index contributed by atoms with van der Waals surface area (Å²) in [5.74, 6) is -2.67. The Morgan fingerprint density at radius 1 is 1.00 bits per heavy atom. The molecule has 0 heterocycles. The van der Waals surface area contributed by atoms with Crippen LogP contribution in [0.5, 0.6) is 5.75 Å². The highest BCUT2D eigenvalue weighted by Crippen LogP contribution is 2.24. The maximum Gasteiger partial charge on any atom is 0.344 e. The summed E-state index contributed by atoms with van der Waals surface area (Å²) in [6.07, 6.45) is 0. The highest BCUT2D eigenvalue weighted by atomic mass is 19.1. The quantitative estimate of drug-likeness (QED) is 0.778. The van der Waals surface area contributed by atoms with Gasteiger partial charge in [0.1, 0.15) is 17.4 Å². The summed E-state index contributed by atoms with van der Waals surface area (Å²) in [4.78, 5) is 23.3. The van der Waals surface area contributed by atoms with Gasteiger partial charge in [-0.05, 0) is 35.2 Å². The Hall–Kier alpha value is -2.96. The summed E-state index contributed by atoms with van der Waals surface area (Å²) in [6, 6.07) is 10.0. The van der Waals surface area contributed by atoms with Gasteiger partial charge in [0.05, 0.1) is 5.69 Å². The van der Waals surface area contributed by atoms with E-state index in [9.17, 15) is 18.4 Å². The van der Waals surface area contributed by atoms with Gasteiger partial charge in [-0.2, -0.15) is 0 Å². The SMILES string of the molecule is CC(C)(C)c1ccc(OCC(=O)OCC(=O)Nc2ccc(F)cc2F)cc1. The second kappa shape index (κ2) is 8.62. The van der Waals surface area contributed by atoms with Gasteiger partial charge in [0.25, 0.3) is 5.91 Å². The third kappa shape index (κ3) is 6.36. The molecule has 0 unspecified atom stereocenters. The molecular weight excluding hydrogens is 356 g/mol. The molecule has 0 aliphatic heterocycles. The summed E-state index contributed by atoms with van der Waals surface area (Å²) in [5.41, 5.74) is 0.934. The number of nitrogens with one attached hydrogen (secondary N) is 1. The lowest BCUT2D eigenvalue weighted by molar-refractivity contribution is -0.149. The van der Waals surface area contributed by atoms with E-state index in [1.165, 1.54) is 0 Å². The topological polar surface area (TPSA) is 64.6 Å². The van der Waals surface area contributed by atoms with Crippen molar-refractivity contribution in [3.63, 3.8) is 0 Å². The first kappa shape index (κ1) is 20.4. The standard InChI is InChI=1S/C20H21F2NO4/c1-20(2,3)13-4-7-15(8-5-13)26-12-19(25)27-11-18(24)23-17-9-6-14(21)10-16(17)22/h4-10H,11-12H2,1-3H3,(H,23,24). The Morgan fingerprint density at radius 3 is 2.26 bits per heavy atom. The van der Waals surface area contributed by atoms with Crippen LogP contribution in [0.4, 0.5) is 14.5 Å². The van der Waals surface area contributed by atoms with Crippen molar-refractivity contribution in [3.05, 3.63) is 59.7 Å². The second-order valence-corrected chi connectivity index (χ2v) is 6.90. The molecule has 0 aliphatic carbocycles. The summed E-state index contributed by atoms with van der Waals surface area (Å²) < 4.78 is 36.3. The molecule has 5 nitrogen and oxygen atoms in total. The lowest BCUT2D eigenvalue weighted by atomic mass is 9.87. The van der Waals surface area contributed by atoms with E-state index in [1.807, 2.05) is 12.1 Å². The van der Waals surface area contributed by atoms with E-state index in [2.05, 4.69) is 26.1 Å². The fraction of sp³-hybridized carbons (Fsp3) is 0.300. The number of carbonyl (C=O) groups excluding carboxylic acids is 2. The van der Waals surface area contributed by atoms with Crippen LogP contribution >= 0.6 is 0 Å². The minimum absolute atomic E-state index is 0.00875. The molecule has 27 heavy (non-hydrogen) atoms. The molecule has 0 spiro atoms. The molecule has 0 aromatic heterocycles. The van der Waals surface area contributed by atoms with Gasteiger partial charge in [0.15, 0.2) is 13.2 Å². The smallest absolute Gasteiger partial charge is 0.344 e. The van der Waals surface area contributed by atoms with Crippen LogP contribution < -0.4 is 10.1 Å². The normalized spacial score (nSPS) is 11.0. The van der Waals surface area contributed by atoms with Gasteiger partial charge >= 0.3 is 5.97 Å². The van der Waals surface area contributed by atoms with E-state index in [0.29, 0.717) is 11.8 Å². The van der Waals surface area contributed by atoms with Crippen molar-refractivity contribution in [2.45, 2.75) is 26.2 Å². The molecule has 0 saturated carbocycles. The van der Waals surface area contributed by atoms with Crippen LogP contribution in [-0.2, 0) is 19.7 Å². The monoisotopic (exact) mass is 377 g/mol. The molecule has 0 aliphatic rings. The van der Waals surface area contributed by atoms with Crippen molar-refractivity contribution >= 4 is 17.6 Å². The van der Waals surface area contributed by atoms with Crippen LogP contribution in [-0.4, -0.2) is 25.1 Å². The Balaban J connectivity index is 1.76. The zero-order valence-corrected chi connectivity index (χ0v) is 15.3. The summed E-state index contributed by atoms with van der Waals surface area (Å²) in [5, 5.41) is 2.19. The van der Waals surface area contributed by atoms with Crippen molar-refractivity contribution < 1.29 is 27.8 Å². The number of esters is 1. The molecule has 0 radical (unpaired) electrons. The minimum Gasteiger partial charge on any atom is -0.482 e. The summed E-state index contributed by atoms with van der Waals surface area (Å²) in [6.45, 7) is 5.28. The van der Waals surface area contributed by atoms with Gasteiger partial charge in [0.2, 0.25) is 0 Å². The molecule has 1 N–H and O–H groups in total. The van der Waals surface area contributed by atoms with E-state index in [4.69, 9.17) is 9.47 Å². The number of halogens is 2. The maximum absolute atomic E-state index is 13.4. The Labute approximate surface area is 156 Å². The van der Waals surface area contributed by atoms with Crippen molar-refractivity contribution in [2.75, 3.05) is 18.5 Å². The van der Waals surface area contributed by atoms with E-state index in [0.717, 1.165) is 17.7 Å². The van der Waals surface area contributed by atoms with E-state index in [1.54, 1.807) is 12.1 Å². The highest BCUT2D eigenvalue weighted by Gasteiger charge is 2.14. The number of rotatable bonds is 6. The van der Waals surface area contributed by atoms with Crippen molar-refractivity contribution in [2.24, 2.45) is 0 Å². The predicted octanol–water partition coefficient (Wildman–Crippen LogP) is 3.82. The third-order valence-electron chi connectivity index (χ3n) is 3.65. The van der Waals surface area contributed by atoms with Gasteiger partial charge < -0.3 is 14.8 Å². The van der Waals surface area contributed by atoms with Crippen molar-refractivity contribution in [1.29, 1.82) is 0 Å². The van der Waals surface area contributed by atoms with E-state index < -0.39 is 30.1 Å². The lowest BCUT2D eigenvalue weighted by Crippen LogP contribution is -2.24. The molecule has 1 amide bonds. The third-order valence-corrected chi connectivity index (χ3v) is 3.65. The second-order valence-electron chi connectivity index (χ2n) is 6.90. The van der Waals surface area contributed by atoms with Crippen LogP contribution in [0.3, 0.4) is 0 Å². The minimum atomic E-state index is -0.920. The molecule has 7 heteroatoms. The van der Waals surface area contributed by atoms with Gasteiger partial charge in [-0.3, -0.25) is 4.79 Å². The molecule has 144 valence electrons. The Bertz CT molecular complexity index is 814. The molecule has 0 saturated heterocycles. The molecule has 2 rings (SSSR count). The Kier molecular flexibility index (Phi) is 6.50. The fourth-order valence-electron chi connectivity index (χ4n) is 2.16. The maximum atomic E-state index is 13.4. The first-order valence-electron chi connectivity index (χ1n) is 8.29. The number of amides is 1. The highest BCUT2D eigenvalue weighted by molar-refractivity contribution is 5.92. The van der Waals surface area contributed by atoms with Crippen LogP contribution in [0, 0.1) is 11.6 Å². The van der Waals surface area contributed by atoms with Gasteiger partial charge in [-0.1, -0.05) is 32.9 Å². The lowest BCUT2D eigenvalue weighted by Gasteiger charge is -2.19. The van der Waals surface area contributed by atoms with Crippen LogP contribution in [0.2, 0.25) is 0 Å². The number of ether oxygens (including phenoxy) is 2. The number of hydrogen-bond donors (Lipinski definition) is 1. The van der Waals surface area contributed by atoms with Gasteiger partial charge in [0, 0.05) is 6.07 Å². The zero-order chi connectivity index (χ0) is 20.0. The average molecular weight is 377 g/mol. The van der Waals surface area contributed by atoms with Crippen molar-refractivity contribution in [3.8, 4) is 5.75 Å². The number of benzene rings is 2. The number of carbonyl (C=O) groups is 2. The first-order valence-corrected chi connectivity index (χ1v) is 8.29. The van der Waals surface area contributed by atoms with Crippen LogP contribution in [0.1, 0.15) is 26.3 Å². The van der Waals surface area contributed by atoms with E-state index >= 15 is 0 Å². The molecule has 0 fully saturated rings. The molecular formula is C20H21F2NO4. The van der Waals surface area contributed by atoms with Gasteiger partial charge in [-0.15, -0.1) is 0 Å². The zero-order valence-electron chi connectivity index (χ0n) is 15.3. The largest absolute Gasteiger partial charge is 0.482 e. The molecule has 2 aromatic rings. The predicted molar refractivity (Wildman–Crippen MR) is 96.6 cm³/mol.